The third-order valence-corrected chi connectivity index (χ3v) is 7.52. The van der Waals surface area contributed by atoms with Crippen LogP contribution in [0.5, 0.6) is 0 Å². The first-order valence-electron chi connectivity index (χ1n) is 12.4. The molecule has 0 aromatic heterocycles. The second-order valence-corrected chi connectivity index (χ2v) is 9.55. The molecule has 1 atom stereocenters. The summed E-state index contributed by atoms with van der Waals surface area (Å²) in [7, 11) is 0. The Hall–Kier alpha value is -1.63. The van der Waals surface area contributed by atoms with Gasteiger partial charge in [0.25, 0.3) is 0 Å². The highest BCUT2D eigenvalue weighted by Gasteiger charge is 2.25. The average Bonchev–Trinajstić information content (AvgIpc) is 3.27. The van der Waals surface area contributed by atoms with Crippen LogP contribution in [0.3, 0.4) is 0 Å². The molecular formula is C25H40N4O2. The van der Waals surface area contributed by atoms with E-state index >= 15 is 0 Å². The molecule has 0 spiro atoms. The van der Waals surface area contributed by atoms with Gasteiger partial charge in [-0.05, 0) is 69.3 Å². The lowest BCUT2D eigenvalue weighted by Crippen LogP contribution is -2.46. The Morgan fingerprint density at radius 2 is 1.71 bits per heavy atom. The van der Waals surface area contributed by atoms with Gasteiger partial charge < -0.3 is 20.2 Å². The molecule has 1 unspecified atom stereocenters. The van der Waals surface area contributed by atoms with E-state index in [1.54, 1.807) is 0 Å². The summed E-state index contributed by atoms with van der Waals surface area (Å²) >= 11 is 0. The number of aliphatic hydroxyl groups excluding tert-OH is 1. The summed E-state index contributed by atoms with van der Waals surface area (Å²) < 4.78 is 0. The van der Waals surface area contributed by atoms with Gasteiger partial charge in [0.1, 0.15) is 0 Å². The summed E-state index contributed by atoms with van der Waals surface area (Å²) in [6.45, 7) is 9.39. The first-order chi connectivity index (χ1) is 15.1. The molecule has 0 saturated carbocycles. The fraction of sp³-hybridized carbons (Fsp3) is 0.720. The van der Waals surface area contributed by atoms with Gasteiger partial charge in [-0.2, -0.15) is 0 Å². The van der Waals surface area contributed by atoms with Crippen LogP contribution in [0.2, 0.25) is 0 Å². The number of nitrogens with one attached hydrogen (secondary N) is 1. The molecule has 3 aliphatic rings. The van der Waals surface area contributed by atoms with Gasteiger partial charge in [-0.1, -0.05) is 19.1 Å². The lowest BCUT2D eigenvalue weighted by Gasteiger charge is -2.35. The monoisotopic (exact) mass is 428 g/mol. The van der Waals surface area contributed by atoms with Gasteiger partial charge in [-0.3, -0.25) is 9.69 Å². The van der Waals surface area contributed by atoms with Gasteiger partial charge in [0, 0.05) is 50.5 Å². The second kappa shape index (κ2) is 10.8. The fourth-order valence-electron chi connectivity index (χ4n) is 5.41. The number of benzene rings is 1. The van der Waals surface area contributed by atoms with Crippen molar-refractivity contribution in [1.29, 1.82) is 0 Å². The van der Waals surface area contributed by atoms with Crippen LogP contribution < -0.4 is 10.2 Å². The van der Waals surface area contributed by atoms with Crippen molar-refractivity contribution in [3.8, 4) is 0 Å². The largest absolute Gasteiger partial charge is 0.393 e. The number of likely N-dealkylation sites (tertiary alicyclic amines) is 2. The smallest absolute Gasteiger partial charge is 0.226 e. The highest BCUT2D eigenvalue weighted by Crippen LogP contribution is 2.22. The number of rotatable bonds is 7. The predicted octanol–water partition coefficient (Wildman–Crippen LogP) is 2.26. The lowest BCUT2D eigenvalue weighted by molar-refractivity contribution is -0.132. The quantitative estimate of drug-likeness (QED) is 0.698. The maximum Gasteiger partial charge on any atom is 0.226 e. The summed E-state index contributed by atoms with van der Waals surface area (Å²) in [6, 6.07) is 9.93. The molecule has 172 valence electrons. The second-order valence-electron chi connectivity index (χ2n) is 9.55. The molecule has 0 radical (unpaired) electrons. The Labute approximate surface area is 187 Å². The van der Waals surface area contributed by atoms with E-state index in [0.29, 0.717) is 38.4 Å². The lowest BCUT2D eigenvalue weighted by atomic mass is 10.0. The number of aliphatic hydroxyl groups is 1. The van der Waals surface area contributed by atoms with Gasteiger partial charge >= 0.3 is 0 Å². The molecule has 1 amide bonds. The number of piperidine rings is 2. The molecule has 3 saturated heterocycles. The molecule has 0 bridgehead atoms. The molecule has 31 heavy (non-hydrogen) atoms. The minimum Gasteiger partial charge on any atom is -0.393 e. The molecule has 3 aliphatic heterocycles. The number of hydrogen-bond acceptors (Lipinski definition) is 5. The Bertz CT molecular complexity index is 694. The van der Waals surface area contributed by atoms with Crippen LogP contribution in [-0.4, -0.2) is 84.8 Å². The van der Waals surface area contributed by atoms with Gasteiger partial charge in [0.15, 0.2) is 0 Å². The van der Waals surface area contributed by atoms with E-state index in [2.05, 4.69) is 46.3 Å². The highest BCUT2D eigenvalue weighted by molar-refractivity contribution is 5.79. The van der Waals surface area contributed by atoms with Gasteiger partial charge in [-0.15, -0.1) is 0 Å². The molecule has 3 fully saturated rings. The molecule has 3 heterocycles. The molecule has 0 aliphatic carbocycles. The van der Waals surface area contributed by atoms with E-state index in [-0.39, 0.29) is 12.0 Å². The fourth-order valence-corrected chi connectivity index (χ4v) is 5.41. The van der Waals surface area contributed by atoms with Gasteiger partial charge in [0.05, 0.1) is 12.5 Å². The Morgan fingerprint density at radius 1 is 1.00 bits per heavy atom. The van der Waals surface area contributed by atoms with Gasteiger partial charge in [0.2, 0.25) is 5.91 Å². The van der Waals surface area contributed by atoms with Crippen molar-refractivity contribution >= 4 is 11.6 Å². The first kappa shape index (κ1) is 22.6. The van der Waals surface area contributed by atoms with E-state index in [4.69, 9.17) is 0 Å². The summed E-state index contributed by atoms with van der Waals surface area (Å²) in [6.07, 6.45) is 6.70. The van der Waals surface area contributed by atoms with E-state index in [0.717, 1.165) is 31.2 Å². The molecule has 4 rings (SSSR count). The zero-order valence-electron chi connectivity index (χ0n) is 19.1. The summed E-state index contributed by atoms with van der Waals surface area (Å²) in [5, 5.41) is 13.5. The number of carbonyl (C=O) groups is 1. The SMILES string of the molecule is CCN1CCCC1CNC1CCN(c2ccc(CC(=O)N3CCC(O)CC3)cc2)CC1. The maximum absolute atomic E-state index is 12.5. The normalized spacial score (nSPS) is 24.1. The van der Waals surface area contributed by atoms with Crippen LogP contribution in [0.1, 0.15) is 51.0 Å². The molecule has 1 aromatic rings. The van der Waals surface area contributed by atoms with E-state index in [9.17, 15) is 9.90 Å². The first-order valence-corrected chi connectivity index (χ1v) is 12.4. The van der Waals surface area contributed by atoms with Crippen LogP contribution in [0.4, 0.5) is 5.69 Å². The number of hydrogen-bond donors (Lipinski definition) is 2. The van der Waals surface area contributed by atoms with Crippen LogP contribution in [0, 0.1) is 0 Å². The number of amides is 1. The number of likely N-dealkylation sites (N-methyl/N-ethyl adjacent to an activating group) is 1. The Morgan fingerprint density at radius 3 is 2.39 bits per heavy atom. The molecule has 1 aromatic carbocycles. The van der Waals surface area contributed by atoms with Crippen LogP contribution >= 0.6 is 0 Å². The predicted molar refractivity (Wildman–Crippen MR) is 125 cm³/mol. The maximum atomic E-state index is 12.5. The van der Waals surface area contributed by atoms with Crippen molar-refractivity contribution in [2.45, 2.75) is 70.1 Å². The van der Waals surface area contributed by atoms with Crippen molar-refractivity contribution < 1.29 is 9.90 Å². The topological polar surface area (TPSA) is 59.0 Å². The molecule has 6 heteroatoms. The third kappa shape index (κ3) is 5.99. The van der Waals surface area contributed by atoms with E-state index in [1.165, 1.54) is 44.5 Å². The molecule has 2 N–H and O–H groups in total. The zero-order valence-corrected chi connectivity index (χ0v) is 19.1. The van der Waals surface area contributed by atoms with Crippen molar-refractivity contribution in [3.05, 3.63) is 29.8 Å². The molecule has 6 nitrogen and oxygen atoms in total. The zero-order chi connectivity index (χ0) is 21.6. The average molecular weight is 429 g/mol. The highest BCUT2D eigenvalue weighted by atomic mass is 16.3. The van der Waals surface area contributed by atoms with E-state index in [1.807, 2.05) is 4.90 Å². The van der Waals surface area contributed by atoms with Crippen molar-refractivity contribution in [1.82, 2.24) is 15.1 Å². The Kier molecular flexibility index (Phi) is 7.86. The number of nitrogens with zero attached hydrogens (tertiary/aromatic N) is 3. The van der Waals surface area contributed by atoms with Crippen LogP contribution in [0.15, 0.2) is 24.3 Å². The van der Waals surface area contributed by atoms with Gasteiger partial charge in [-0.25, -0.2) is 0 Å². The summed E-state index contributed by atoms with van der Waals surface area (Å²) in [5.41, 5.74) is 2.34. The van der Waals surface area contributed by atoms with Crippen molar-refractivity contribution in [2.24, 2.45) is 0 Å². The van der Waals surface area contributed by atoms with Crippen molar-refractivity contribution in [3.63, 3.8) is 0 Å². The van der Waals surface area contributed by atoms with Crippen LogP contribution in [0.25, 0.3) is 0 Å². The Balaban J connectivity index is 1.20. The molecular weight excluding hydrogens is 388 g/mol. The summed E-state index contributed by atoms with van der Waals surface area (Å²) in [4.78, 5) is 19.5. The van der Waals surface area contributed by atoms with Crippen LogP contribution in [-0.2, 0) is 11.2 Å². The van der Waals surface area contributed by atoms with Crippen molar-refractivity contribution in [2.75, 3.05) is 50.7 Å². The number of anilines is 1. The van der Waals surface area contributed by atoms with E-state index < -0.39 is 0 Å². The minimum atomic E-state index is -0.239. The number of carbonyl (C=O) groups excluding carboxylic acids is 1. The summed E-state index contributed by atoms with van der Waals surface area (Å²) in [5.74, 6) is 0.176. The third-order valence-electron chi connectivity index (χ3n) is 7.52. The minimum absolute atomic E-state index is 0.176. The standard InChI is InChI=1S/C25H40N4O2/c1-2-27-13-3-4-23(27)19-26-21-9-14-28(15-10-21)22-7-5-20(6-8-22)18-25(31)29-16-11-24(30)12-17-29/h5-8,21,23-24,26,30H,2-4,9-19H2,1H3.